The normalized spacial score (nSPS) is 10.9. The molecule has 1 amide bonds. The lowest BCUT2D eigenvalue weighted by Crippen LogP contribution is -2.16. The Morgan fingerprint density at radius 1 is 1.32 bits per heavy atom. The van der Waals surface area contributed by atoms with E-state index in [-0.39, 0.29) is 11.7 Å². The highest BCUT2D eigenvalue weighted by atomic mass is 79.9. The zero-order chi connectivity index (χ0) is 15.9. The van der Waals surface area contributed by atoms with E-state index < -0.39 is 0 Å². The maximum Gasteiger partial charge on any atom is 0.293 e. The first-order chi connectivity index (χ1) is 10.5. The molecule has 0 radical (unpaired) electrons. The molecule has 0 saturated heterocycles. The highest BCUT2D eigenvalue weighted by Gasteiger charge is 2.16. The number of aryl methyl sites for hydroxylation is 2. The van der Waals surface area contributed by atoms with Crippen molar-refractivity contribution >= 4 is 38.4 Å². The molecule has 0 aliphatic heterocycles. The second kappa shape index (κ2) is 5.49. The number of fused-ring (bicyclic) bond motifs is 1. The molecule has 1 N–H and O–H groups in total. The zero-order valence-corrected chi connectivity index (χ0v) is 14.0. The third kappa shape index (κ3) is 2.59. The lowest BCUT2D eigenvalue weighted by molar-refractivity contribution is 0.101. The molecule has 0 unspecified atom stereocenters. The topological polar surface area (TPSA) is 72.7 Å². The molecule has 0 bridgehead atoms. The van der Waals surface area contributed by atoms with E-state index in [2.05, 4.69) is 36.3 Å². The van der Waals surface area contributed by atoms with E-state index in [1.54, 1.807) is 10.9 Å². The second-order valence-electron chi connectivity index (χ2n) is 5.02. The molecule has 0 aliphatic carbocycles. The first-order valence-corrected chi connectivity index (χ1v) is 7.49. The molecule has 22 heavy (non-hydrogen) atoms. The Morgan fingerprint density at radius 3 is 2.77 bits per heavy atom. The van der Waals surface area contributed by atoms with Gasteiger partial charge in [0.25, 0.3) is 5.91 Å². The van der Waals surface area contributed by atoms with Crippen molar-refractivity contribution in [1.29, 1.82) is 0 Å². The molecule has 7 heteroatoms. The van der Waals surface area contributed by atoms with Gasteiger partial charge in [0, 0.05) is 23.1 Å². The maximum absolute atomic E-state index is 12.4. The molecule has 112 valence electrons. The highest BCUT2D eigenvalue weighted by Crippen LogP contribution is 2.20. The van der Waals surface area contributed by atoms with Gasteiger partial charge in [-0.3, -0.25) is 9.48 Å². The molecule has 3 rings (SSSR count). The average molecular weight is 360 g/mol. The van der Waals surface area contributed by atoms with Crippen LogP contribution in [0.2, 0.25) is 0 Å². The summed E-state index contributed by atoms with van der Waals surface area (Å²) in [7, 11) is 1.84. The molecule has 0 fully saturated rings. The lowest BCUT2D eigenvalue weighted by Gasteiger charge is -2.05. The number of hydrogen-bond donors (Lipinski definition) is 1. The Hall–Kier alpha value is -2.28. The summed E-state index contributed by atoms with van der Waals surface area (Å²) in [6, 6.07) is 5.64. The number of nitrogens with one attached hydrogen (secondary N) is 1. The number of hydrogen-bond acceptors (Lipinski definition) is 4. The smallest absolute Gasteiger partial charge is 0.293 e. The van der Waals surface area contributed by atoms with Crippen LogP contribution in [0.4, 0.5) is 5.69 Å². The van der Waals surface area contributed by atoms with Crippen LogP contribution in [0.1, 0.15) is 22.0 Å². The van der Waals surface area contributed by atoms with Crippen LogP contribution in [0.5, 0.6) is 0 Å². The molecule has 0 aliphatic rings. The Bertz CT molecular complexity index is 887. The summed E-state index contributed by atoms with van der Waals surface area (Å²) < 4.78 is 2.67. The molecular formula is C15H14BrN5O. The van der Waals surface area contributed by atoms with Crippen LogP contribution < -0.4 is 5.32 Å². The molecule has 2 aromatic heterocycles. The Kier molecular flexibility index (Phi) is 3.66. The number of amides is 1. The van der Waals surface area contributed by atoms with Crippen LogP contribution in [0.25, 0.3) is 10.9 Å². The van der Waals surface area contributed by atoms with Gasteiger partial charge >= 0.3 is 0 Å². The third-order valence-corrected chi connectivity index (χ3v) is 3.99. The van der Waals surface area contributed by atoms with Crippen molar-refractivity contribution in [3.8, 4) is 0 Å². The number of carbonyl (C=O) groups is 1. The van der Waals surface area contributed by atoms with Gasteiger partial charge in [-0.2, -0.15) is 5.10 Å². The van der Waals surface area contributed by atoms with E-state index in [1.165, 1.54) is 0 Å². The number of halogens is 1. The van der Waals surface area contributed by atoms with Crippen LogP contribution in [0.3, 0.4) is 0 Å². The summed E-state index contributed by atoms with van der Waals surface area (Å²) in [6.07, 6.45) is 1.64. The molecule has 0 atom stereocenters. The number of carbonyl (C=O) groups excluding carboxylic acids is 1. The largest absolute Gasteiger partial charge is 0.316 e. The lowest BCUT2D eigenvalue weighted by atomic mass is 10.2. The Labute approximate surface area is 135 Å². The van der Waals surface area contributed by atoms with Crippen molar-refractivity contribution in [3.05, 3.63) is 46.1 Å². The van der Waals surface area contributed by atoms with Gasteiger partial charge in [0.2, 0.25) is 5.82 Å². The molecule has 0 saturated carbocycles. The average Bonchev–Trinajstić information content (AvgIpc) is 2.73. The molecule has 0 spiro atoms. The van der Waals surface area contributed by atoms with Crippen LogP contribution in [-0.4, -0.2) is 25.7 Å². The second-order valence-corrected chi connectivity index (χ2v) is 5.94. The standard InChI is InChI=1S/C15H14BrN5O/c1-8-13(9(2)21(3)20-8)19-15(22)14-17-7-10-6-11(16)4-5-12(10)18-14/h4-7H,1-3H3,(H,19,22). The number of aromatic nitrogens is 4. The van der Waals surface area contributed by atoms with Crippen molar-refractivity contribution in [2.24, 2.45) is 7.05 Å². The predicted octanol–water partition coefficient (Wildman–Crippen LogP) is 2.99. The third-order valence-electron chi connectivity index (χ3n) is 3.49. The molecule has 2 heterocycles. The van der Waals surface area contributed by atoms with E-state index in [0.717, 1.165) is 26.8 Å². The van der Waals surface area contributed by atoms with Crippen LogP contribution in [-0.2, 0) is 7.05 Å². The van der Waals surface area contributed by atoms with Gasteiger partial charge in [-0.05, 0) is 32.0 Å². The number of anilines is 1. The van der Waals surface area contributed by atoms with Gasteiger partial charge < -0.3 is 5.32 Å². The van der Waals surface area contributed by atoms with E-state index in [1.807, 2.05) is 39.1 Å². The first kappa shape index (κ1) is 14.6. The summed E-state index contributed by atoms with van der Waals surface area (Å²) in [5.74, 6) is -0.207. The quantitative estimate of drug-likeness (QED) is 0.763. The van der Waals surface area contributed by atoms with Gasteiger partial charge in [0.1, 0.15) is 0 Å². The summed E-state index contributed by atoms with van der Waals surface area (Å²) in [4.78, 5) is 20.8. The monoisotopic (exact) mass is 359 g/mol. The summed E-state index contributed by atoms with van der Waals surface area (Å²) in [5, 5.41) is 7.98. The minimum atomic E-state index is -0.344. The Balaban J connectivity index is 1.93. The minimum Gasteiger partial charge on any atom is -0.316 e. The fourth-order valence-electron chi connectivity index (χ4n) is 2.24. The van der Waals surface area contributed by atoms with E-state index in [0.29, 0.717) is 5.69 Å². The van der Waals surface area contributed by atoms with Crippen molar-refractivity contribution in [1.82, 2.24) is 19.7 Å². The summed E-state index contributed by atoms with van der Waals surface area (Å²) in [6.45, 7) is 3.75. The predicted molar refractivity (Wildman–Crippen MR) is 87.9 cm³/mol. The fraction of sp³-hybridized carbons (Fsp3) is 0.200. The summed E-state index contributed by atoms with van der Waals surface area (Å²) in [5.41, 5.74) is 3.07. The van der Waals surface area contributed by atoms with Gasteiger partial charge in [-0.1, -0.05) is 15.9 Å². The van der Waals surface area contributed by atoms with Crippen LogP contribution in [0.15, 0.2) is 28.9 Å². The van der Waals surface area contributed by atoms with Gasteiger partial charge in [-0.25, -0.2) is 9.97 Å². The highest BCUT2D eigenvalue weighted by molar-refractivity contribution is 9.10. The zero-order valence-electron chi connectivity index (χ0n) is 12.4. The SMILES string of the molecule is Cc1nn(C)c(C)c1NC(=O)c1ncc2cc(Br)ccc2n1. The molecular weight excluding hydrogens is 346 g/mol. The fourth-order valence-corrected chi connectivity index (χ4v) is 2.62. The van der Waals surface area contributed by atoms with E-state index >= 15 is 0 Å². The number of nitrogens with zero attached hydrogens (tertiary/aromatic N) is 4. The summed E-state index contributed by atoms with van der Waals surface area (Å²) >= 11 is 3.40. The first-order valence-electron chi connectivity index (χ1n) is 6.69. The van der Waals surface area contributed by atoms with E-state index in [9.17, 15) is 4.79 Å². The number of rotatable bonds is 2. The minimum absolute atomic E-state index is 0.137. The van der Waals surface area contributed by atoms with Crippen LogP contribution in [0, 0.1) is 13.8 Å². The maximum atomic E-state index is 12.4. The van der Waals surface area contributed by atoms with Crippen molar-refractivity contribution in [3.63, 3.8) is 0 Å². The van der Waals surface area contributed by atoms with Crippen LogP contribution >= 0.6 is 15.9 Å². The number of benzene rings is 1. The Morgan fingerprint density at radius 2 is 2.09 bits per heavy atom. The molecule has 6 nitrogen and oxygen atoms in total. The molecule has 1 aromatic carbocycles. The van der Waals surface area contributed by atoms with Crippen molar-refractivity contribution < 1.29 is 4.79 Å². The van der Waals surface area contributed by atoms with Gasteiger partial charge in [-0.15, -0.1) is 0 Å². The van der Waals surface area contributed by atoms with Crippen molar-refractivity contribution in [2.75, 3.05) is 5.32 Å². The van der Waals surface area contributed by atoms with Gasteiger partial charge in [0.15, 0.2) is 0 Å². The van der Waals surface area contributed by atoms with Gasteiger partial charge in [0.05, 0.1) is 22.6 Å². The molecule has 3 aromatic rings. The van der Waals surface area contributed by atoms with Crippen molar-refractivity contribution in [2.45, 2.75) is 13.8 Å². The van der Waals surface area contributed by atoms with E-state index in [4.69, 9.17) is 0 Å².